The maximum Gasteiger partial charge on any atom is 0.337 e. The molecule has 7 heteroatoms. The van der Waals surface area contributed by atoms with Gasteiger partial charge in [0, 0.05) is 12.4 Å². The van der Waals surface area contributed by atoms with Crippen molar-refractivity contribution < 1.29 is 9.90 Å². The molecule has 0 bridgehead atoms. The van der Waals surface area contributed by atoms with Gasteiger partial charge in [-0.25, -0.2) is 9.78 Å². The van der Waals surface area contributed by atoms with Crippen LogP contribution < -0.4 is 5.32 Å². The second-order valence-corrected chi connectivity index (χ2v) is 4.26. The van der Waals surface area contributed by atoms with Gasteiger partial charge in [0.2, 0.25) is 0 Å². The lowest BCUT2D eigenvalue weighted by molar-refractivity contribution is 0.0697. The molecule has 2 aromatic heterocycles. The molecule has 2 aromatic rings. The molecule has 2 heterocycles. The molecule has 2 rings (SSSR count). The Kier molecular flexibility index (Phi) is 3.91. The zero-order valence-corrected chi connectivity index (χ0v) is 10.8. The summed E-state index contributed by atoms with van der Waals surface area (Å²) in [6.45, 7) is 2.26. The van der Waals surface area contributed by atoms with Gasteiger partial charge in [0.15, 0.2) is 0 Å². The standard InChI is InChI=1S/C12H11ClN4O2/c1-7-3-15-8(4-14-7)5-16-11-2-9(12(18)19)10(13)6-17-11/h2-4,6H,5H2,1H3,(H,16,17)(H,18,19). The normalized spacial score (nSPS) is 10.2. The molecular weight excluding hydrogens is 268 g/mol. The highest BCUT2D eigenvalue weighted by Crippen LogP contribution is 2.18. The van der Waals surface area contributed by atoms with Gasteiger partial charge in [0.1, 0.15) is 5.82 Å². The molecular formula is C12H11ClN4O2. The quantitative estimate of drug-likeness (QED) is 0.891. The first-order valence-electron chi connectivity index (χ1n) is 5.46. The number of pyridine rings is 1. The van der Waals surface area contributed by atoms with Gasteiger partial charge in [-0.2, -0.15) is 0 Å². The third-order valence-corrected chi connectivity index (χ3v) is 2.67. The third kappa shape index (κ3) is 3.38. The van der Waals surface area contributed by atoms with Crippen molar-refractivity contribution in [2.24, 2.45) is 0 Å². The van der Waals surface area contributed by atoms with Crippen molar-refractivity contribution in [3.8, 4) is 0 Å². The van der Waals surface area contributed by atoms with E-state index in [4.69, 9.17) is 16.7 Å². The van der Waals surface area contributed by atoms with Crippen LogP contribution in [-0.4, -0.2) is 26.0 Å². The first-order valence-corrected chi connectivity index (χ1v) is 5.84. The Morgan fingerprint density at radius 3 is 2.74 bits per heavy atom. The largest absolute Gasteiger partial charge is 0.478 e. The molecule has 0 spiro atoms. The molecule has 0 saturated carbocycles. The van der Waals surface area contributed by atoms with Gasteiger partial charge in [-0.3, -0.25) is 9.97 Å². The Balaban J connectivity index is 2.09. The first kappa shape index (κ1) is 13.2. The van der Waals surface area contributed by atoms with Crippen LogP contribution in [0.25, 0.3) is 0 Å². The van der Waals surface area contributed by atoms with Crippen LogP contribution >= 0.6 is 11.6 Å². The Hall–Kier alpha value is -2.21. The molecule has 0 atom stereocenters. The number of anilines is 1. The molecule has 2 N–H and O–H groups in total. The molecule has 0 saturated heterocycles. The van der Waals surface area contributed by atoms with Crippen LogP contribution in [0, 0.1) is 6.92 Å². The summed E-state index contributed by atoms with van der Waals surface area (Å²) in [5, 5.41) is 12.0. The van der Waals surface area contributed by atoms with E-state index < -0.39 is 5.97 Å². The summed E-state index contributed by atoms with van der Waals surface area (Å²) in [6.07, 6.45) is 4.61. The van der Waals surface area contributed by atoms with Crippen LogP contribution in [0.2, 0.25) is 5.02 Å². The summed E-state index contributed by atoms with van der Waals surface area (Å²) in [7, 11) is 0. The van der Waals surface area contributed by atoms with E-state index in [1.807, 2.05) is 6.92 Å². The average molecular weight is 279 g/mol. The molecule has 0 radical (unpaired) electrons. The lowest BCUT2D eigenvalue weighted by atomic mass is 10.2. The van der Waals surface area contributed by atoms with Crippen LogP contribution in [0.4, 0.5) is 5.82 Å². The van der Waals surface area contributed by atoms with E-state index >= 15 is 0 Å². The molecule has 0 aliphatic heterocycles. The molecule has 0 amide bonds. The van der Waals surface area contributed by atoms with Gasteiger partial charge in [0.25, 0.3) is 0 Å². The van der Waals surface area contributed by atoms with Crippen LogP contribution in [0.5, 0.6) is 0 Å². The number of nitrogens with one attached hydrogen (secondary N) is 1. The van der Waals surface area contributed by atoms with Crippen molar-refractivity contribution in [1.82, 2.24) is 15.0 Å². The van der Waals surface area contributed by atoms with Gasteiger partial charge >= 0.3 is 5.97 Å². The van der Waals surface area contributed by atoms with Gasteiger partial charge in [-0.1, -0.05) is 11.6 Å². The van der Waals surface area contributed by atoms with Gasteiger partial charge in [-0.05, 0) is 13.0 Å². The van der Waals surface area contributed by atoms with Crippen LogP contribution in [0.1, 0.15) is 21.7 Å². The average Bonchev–Trinajstić information content (AvgIpc) is 2.39. The molecule has 6 nitrogen and oxygen atoms in total. The van der Waals surface area contributed by atoms with E-state index in [9.17, 15) is 4.79 Å². The number of aromatic nitrogens is 3. The van der Waals surface area contributed by atoms with Gasteiger partial charge in [-0.15, -0.1) is 0 Å². The second-order valence-electron chi connectivity index (χ2n) is 3.86. The molecule has 0 aliphatic carbocycles. The third-order valence-electron chi connectivity index (χ3n) is 2.37. The van der Waals surface area contributed by atoms with Crippen molar-refractivity contribution >= 4 is 23.4 Å². The molecule has 0 aliphatic rings. The summed E-state index contributed by atoms with van der Waals surface area (Å²) >= 11 is 5.73. The maximum atomic E-state index is 10.9. The minimum absolute atomic E-state index is 0.00848. The van der Waals surface area contributed by atoms with Crippen molar-refractivity contribution in [2.45, 2.75) is 13.5 Å². The van der Waals surface area contributed by atoms with E-state index in [2.05, 4.69) is 20.3 Å². The number of carboxylic acid groups (broad SMARTS) is 1. The van der Waals surface area contributed by atoms with E-state index in [0.717, 1.165) is 11.4 Å². The summed E-state index contributed by atoms with van der Waals surface area (Å²) < 4.78 is 0. The van der Waals surface area contributed by atoms with Crippen LogP contribution in [0.15, 0.2) is 24.7 Å². The van der Waals surface area contributed by atoms with Crippen LogP contribution in [0.3, 0.4) is 0 Å². The second kappa shape index (κ2) is 5.62. The highest BCUT2D eigenvalue weighted by atomic mass is 35.5. The smallest absolute Gasteiger partial charge is 0.337 e. The number of nitrogens with zero attached hydrogens (tertiary/aromatic N) is 3. The van der Waals surface area contributed by atoms with Crippen molar-refractivity contribution in [3.05, 3.63) is 46.6 Å². The monoisotopic (exact) mass is 278 g/mol. The number of aryl methyl sites for hydroxylation is 1. The number of aromatic carboxylic acids is 1. The molecule has 0 aromatic carbocycles. The predicted molar refractivity (Wildman–Crippen MR) is 70.3 cm³/mol. The number of carbonyl (C=O) groups is 1. The van der Waals surface area contributed by atoms with Gasteiger partial charge < -0.3 is 10.4 Å². The maximum absolute atomic E-state index is 10.9. The number of hydrogen-bond acceptors (Lipinski definition) is 5. The zero-order chi connectivity index (χ0) is 13.8. The van der Waals surface area contributed by atoms with Gasteiger partial charge in [0.05, 0.1) is 34.7 Å². The summed E-state index contributed by atoms with van der Waals surface area (Å²) in [5.41, 5.74) is 1.58. The Labute approximate surface area is 114 Å². The summed E-state index contributed by atoms with van der Waals surface area (Å²) in [5.74, 6) is -0.672. The van der Waals surface area contributed by atoms with Crippen molar-refractivity contribution in [1.29, 1.82) is 0 Å². The fourth-order valence-corrected chi connectivity index (χ4v) is 1.58. The fraction of sp³-hybridized carbons (Fsp3) is 0.167. The van der Waals surface area contributed by atoms with E-state index in [0.29, 0.717) is 12.4 Å². The Bertz CT molecular complexity index is 601. The lowest BCUT2D eigenvalue weighted by Gasteiger charge is -2.06. The van der Waals surface area contributed by atoms with E-state index in [1.165, 1.54) is 12.3 Å². The summed E-state index contributed by atoms with van der Waals surface area (Å²) in [6, 6.07) is 1.38. The number of carboxylic acids is 1. The number of rotatable bonds is 4. The zero-order valence-electron chi connectivity index (χ0n) is 10.1. The highest BCUT2D eigenvalue weighted by molar-refractivity contribution is 6.33. The van der Waals surface area contributed by atoms with Crippen molar-refractivity contribution in [3.63, 3.8) is 0 Å². The highest BCUT2D eigenvalue weighted by Gasteiger charge is 2.10. The van der Waals surface area contributed by atoms with Crippen LogP contribution in [-0.2, 0) is 6.54 Å². The first-order chi connectivity index (χ1) is 9.06. The van der Waals surface area contributed by atoms with E-state index in [-0.39, 0.29) is 10.6 Å². The fourth-order valence-electron chi connectivity index (χ4n) is 1.39. The van der Waals surface area contributed by atoms with E-state index in [1.54, 1.807) is 12.4 Å². The predicted octanol–water partition coefficient (Wildman–Crippen LogP) is 2.14. The Morgan fingerprint density at radius 1 is 1.32 bits per heavy atom. The topological polar surface area (TPSA) is 88.0 Å². The number of hydrogen-bond donors (Lipinski definition) is 2. The summed E-state index contributed by atoms with van der Waals surface area (Å²) in [4.78, 5) is 23.2. The Morgan fingerprint density at radius 2 is 2.11 bits per heavy atom. The minimum atomic E-state index is -1.09. The lowest BCUT2D eigenvalue weighted by Crippen LogP contribution is -2.06. The SMILES string of the molecule is Cc1cnc(CNc2cc(C(=O)O)c(Cl)cn2)cn1. The molecule has 0 unspecified atom stereocenters. The molecule has 19 heavy (non-hydrogen) atoms. The minimum Gasteiger partial charge on any atom is -0.478 e. The molecule has 98 valence electrons. The van der Waals surface area contributed by atoms with Crippen molar-refractivity contribution in [2.75, 3.05) is 5.32 Å². The molecule has 0 fully saturated rings. The number of halogens is 1.